The molecule has 0 radical (unpaired) electrons. The fourth-order valence-corrected chi connectivity index (χ4v) is 1.77. The Kier molecular flexibility index (Phi) is 1.22. The van der Waals surface area contributed by atoms with Gasteiger partial charge in [-0.2, -0.15) is 0 Å². The summed E-state index contributed by atoms with van der Waals surface area (Å²) in [5.41, 5.74) is 1.35. The van der Waals surface area contributed by atoms with Crippen molar-refractivity contribution in [1.29, 1.82) is 0 Å². The van der Waals surface area contributed by atoms with Gasteiger partial charge in [-0.3, -0.25) is 0 Å². The number of hydrogen-bond acceptors (Lipinski definition) is 2. The van der Waals surface area contributed by atoms with Gasteiger partial charge in [-0.15, -0.1) is 0 Å². The Bertz CT molecular complexity index is 176. The summed E-state index contributed by atoms with van der Waals surface area (Å²) in [6, 6.07) is 0. The number of rotatable bonds is 0. The van der Waals surface area contributed by atoms with Crippen LogP contribution in [0.25, 0.3) is 0 Å². The summed E-state index contributed by atoms with van der Waals surface area (Å²) < 4.78 is 0. The first-order valence-corrected chi connectivity index (χ1v) is 4.02. The highest BCUT2D eigenvalue weighted by Crippen LogP contribution is 2.33. The van der Waals surface area contributed by atoms with Crippen molar-refractivity contribution in [3.63, 3.8) is 0 Å². The predicted octanol–water partition coefficient (Wildman–Crippen LogP) is 2.10. The highest BCUT2D eigenvalue weighted by molar-refractivity contribution is 5.86. The first-order chi connectivity index (χ1) is 4.79. The van der Waals surface area contributed by atoms with Gasteiger partial charge in [0.2, 0.25) is 0 Å². The van der Waals surface area contributed by atoms with Crippen molar-refractivity contribution in [2.24, 2.45) is 5.16 Å². The van der Waals surface area contributed by atoms with Crippen LogP contribution in [0.1, 0.15) is 39.0 Å². The van der Waals surface area contributed by atoms with Crippen LogP contribution in [0.2, 0.25) is 0 Å². The largest absolute Gasteiger partial charge is 0.389 e. The molecule has 0 saturated heterocycles. The lowest BCUT2D eigenvalue weighted by molar-refractivity contribution is -0.0115. The Hall–Kier alpha value is -0.530. The standard InChI is InChI=1S/C8H13NO/c1-8-5-3-2-4-7(6-8)9-10-8/h2-6H2,1H3. The molecular weight excluding hydrogens is 126 g/mol. The van der Waals surface area contributed by atoms with Crippen LogP contribution in [-0.2, 0) is 4.84 Å². The SMILES string of the molecule is CC12CCCCC(=NO1)C2. The van der Waals surface area contributed by atoms with Crippen molar-refractivity contribution < 1.29 is 4.84 Å². The molecule has 0 amide bonds. The van der Waals surface area contributed by atoms with E-state index in [9.17, 15) is 0 Å². The van der Waals surface area contributed by atoms with Crippen molar-refractivity contribution in [2.75, 3.05) is 0 Å². The van der Waals surface area contributed by atoms with E-state index in [0.29, 0.717) is 0 Å². The fourth-order valence-electron chi connectivity index (χ4n) is 1.77. The lowest BCUT2D eigenvalue weighted by atomic mass is 9.97. The number of oxime groups is 1. The number of nitrogens with zero attached hydrogens (tertiary/aromatic N) is 1. The summed E-state index contributed by atoms with van der Waals surface area (Å²) in [7, 11) is 0. The van der Waals surface area contributed by atoms with Gasteiger partial charge in [-0.25, -0.2) is 0 Å². The average Bonchev–Trinajstić information content (AvgIpc) is 2.11. The van der Waals surface area contributed by atoms with Crippen LogP contribution < -0.4 is 0 Å². The molecule has 1 saturated carbocycles. The van der Waals surface area contributed by atoms with Gasteiger partial charge in [-0.05, 0) is 32.6 Å². The third-order valence-corrected chi connectivity index (χ3v) is 2.39. The molecule has 56 valence electrons. The smallest absolute Gasteiger partial charge is 0.140 e. The molecule has 1 aliphatic carbocycles. The molecule has 2 aliphatic rings. The molecule has 2 bridgehead atoms. The fraction of sp³-hybridized carbons (Fsp3) is 0.875. The molecule has 0 aromatic carbocycles. The second-order valence-corrected chi connectivity index (χ2v) is 3.58. The first-order valence-electron chi connectivity index (χ1n) is 4.02. The number of fused-ring (bicyclic) bond motifs is 2. The maximum Gasteiger partial charge on any atom is 0.140 e. The summed E-state index contributed by atoms with van der Waals surface area (Å²) in [6.45, 7) is 2.16. The third kappa shape index (κ3) is 0.917. The molecule has 1 atom stereocenters. The molecule has 1 fully saturated rings. The van der Waals surface area contributed by atoms with Crippen LogP contribution in [0.3, 0.4) is 0 Å². The zero-order valence-electron chi connectivity index (χ0n) is 6.39. The van der Waals surface area contributed by atoms with E-state index < -0.39 is 0 Å². The maximum atomic E-state index is 5.33. The monoisotopic (exact) mass is 139 g/mol. The second-order valence-electron chi connectivity index (χ2n) is 3.58. The van der Waals surface area contributed by atoms with Crippen molar-refractivity contribution >= 4 is 5.71 Å². The van der Waals surface area contributed by atoms with Crippen LogP contribution in [0.15, 0.2) is 5.16 Å². The molecule has 2 nitrogen and oxygen atoms in total. The normalized spacial score (nSPS) is 38.3. The average molecular weight is 139 g/mol. The molecule has 1 aliphatic heterocycles. The van der Waals surface area contributed by atoms with E-state index in [-0.39, 0.29) is 5.60 Å². The Labute approximate surface area is 61.2 Å². The molecule has 0 aromatic rings. The van der Waals surface area contributed by atoms with E-state index >= 15 is 0 Å². The van der Waals surface area contributed by atoms with E-state index in [1.165, 1.54) is 25.0 Å². The molecule has 10 heavy (non-hydrogen) atoms. The molecule has 2 heteroatoms. The van der Waals surface area contributed by atoms with E-state index in [4.69, 9.17) is 4.84 Å². The van der Waals surface area contributed by atoms with Crippen LogP contribution in [0.4, 0.5) is 0 Å². The predicted molar refractivity (Wildman–Crippen MR) is 40.0 cm³/mol. The van der Waals surface area contributed by atoms with Crippen molar-refractivity contribution in [2.45, 2.75) is 44.6 Å². The highest BCUT2D eigenvalue weighted by atomic mass is 16.7. The van der Waals surface area contributed by atoms with Gasteiger partial charge in [0.05, 0.1) is 5.71 Å². The third-order valence-electron chi connectivity index (χ3n) is 2.39. The molecule has 1 heterocycles. The zero-order valence-corrected chi connectivity index (χ0v) is 6.39. The van der Waals surface area contributed by atoms with Crippen LogP contribution in [0.5, 0.6) is 0 Å². The minimum Gasteiger partial charge on any atom is -0.389 e. The zero-order chi connectivity index (χ0) is 7.03. The van der Waals surface area contributed by atoms with Crippen molar-refractivity contribution in [1.82, 2.24) is 0 Å². The Morgan fingerprint density at radius 3 is 3.30 bits per heavy atom. The molecule has 0 aromatic heterocycles. The lowest BCUT2D eigenvalue weighted by Crippen LogP contribution is -2.22. The summed E-state index contributed by atoms with van der Waals surface area (Å²) in [5, 5.41) is 4.05. The van der Waals surface area contributed by atoms with Crippen molar-refractivity contribution in [3.8, 4) is 0 Å². The van der Waals surface area contributed by atoms with Gasteiger partial charge in [0.15, 0.2) is 0 Å². The first kappa shape index (κ1) is 6.20. The summed E-state index contributed by atoms with van der Waals surface area (Å²) in [4.78, 5) is 5.33. The topological polar surface area (TPSA) is 21.6 Å². The molecule has 0 spiro atoms. The van der Waals surface area contributed by atoms with Gasteiger partial charge in [0.1, 0.15) is 5.60 Å². The highest BCUT2D eigenvalue weighted by Gasteiger charge is 2.35. The van der Waals surface area contributed by atoms with Gasteiger partial charge in [0.25, 0.3) is 0 Å². The summed E-state index contributed by atoms with van der Waals surface area (Å²) >= 11 is 0. The van der Waals surface area contributed by atoms with Gasteiger partial charge < -0.3 is 4.84 Å². The van der Waals surface area contributed by atoms with E-state index in [1.807, 2.05) is 0 Å². The van der Waals surface area contributed by atoms with E-state index in [0.717, 1.165) is 12.8 Å². The quantitative estimate of drug-likeness (QED) is 0.503. The minimum atomic E-state index is 0.0752. The lowest BCUT2D eigenvalue weighted by Gasteiger charge is -2.19. The molecule has 0 N–H and O–H groups in total. The maximum absolute atomic E-state index is 5.33. The van der Waals surface area contributed by atoms with Crippen LogP contribution >= 0.6 is 0 Å². The van der Waals surface area contributed by atoms with E-state index in [1.54, 1.807) is 0 Å². The molecule has 2 rings (SSSR count). The van der Waals surface area contributed by atoms with Crippen LogP contribution in [0, 0.1) is 0 Å². The van der Waals surface area contributed by atoms with Gasteiger partial charge in [-0.1, -0.05) is 5.16 Å². The second kappa shape index (κ2) is 1.97. The van der Waals surface area contributed by atoms with Gasteiger partial charge >= 0.3 is 0 Å². The molecule has 1 unspecified atom stereocenters. The molecular formula is C8H13NO. The van der Waals surface area contributed by atoms with Crippen LogP contribution in [-0.4, -0.2) is 11.3 Å². The Morgan fingerprint density at radius 1 is 1.50 bits per heavy atom. The Balaban J connectivity index is 2.17. The van der Waals surface area contributed by atoms with E-state index in [2.05, 4.69) is 12.1 Å². The van der Waals surface area contributed by atoms with Crippen molar-refractivity contribution in [3.05, 3.63) is 0 Å². The minimum absolute atomic E-state index is 0.0752. The summed E-state index contributed by atoms with van der Waals surface area (Å²) in [6.07, 6.45) is 6.02. The Morgan fingerprint density at radius 2 is 2.40 bits per heavy atom. The van der Waals surface area contributed by atoms with Gasteiger partial charge in [0, 0.05) is 6.42 Å². The number of hydrogen-bond donors (Lipinski definition) is 0. The summed E-state index contributed by atoms with van der Waals surface area (Å²) in [5.74, 6) is 0.